The number of nitrogens with one attached hydrogen (secondary N) is 1. The number of methoxy groups -OCH3 is 1. The molecule has 4 nitrogen and oxygen atoms in total. The predicted octanol–water partition coefficient (Wildman–Crippen LogP) is 2.04. The molecule has 4 heteroatoms. The second-order valence-corrected chi connectivity index (χ2v) is 4.34. The van der Waals surface area contributed by atoms with Gasteiger partial charge in [-0.1, -0.05) is 12.5 Å². The minimum atomic E-state index is -0.908. The van der Waals surface area contributed by atoms with Gasteiger partial charge in [0.1, 0.15) is 5.75 Å². The van der Waals surface area contributed by atoms with Gasteiger partial charge in [0.05, 0.1) is 12.7 Å². The molecule has 1 aromatic carbocycles. The highest BCUT2D eigenvalue weighted by molar-refractivity contribution is 5.89. The number of rotatable bonds is 5. The van der Waals surface area contributed by atoms with Crippen molar-refractivity contribution in [3.05, 3.63) is 29.3 Å². The quantitative estimate of drug-likeness (QED) is 0.820. The van der Waals surface area contributed by atoms with Crippen molar-refractivity contribution in [2.75, 3.05) is 7.11 Å². The first-order valence-electron chi connectivity index (χ1n) is 5.84. The summed E-state index contributed by atoms with van der Waals surface area (Å²) in [5, 5.41) is 12.5. The third-order valence-electron chi connectivity index (χ3n) is 3.23. The second-order valence-electron chi connectivity index (χ2n) is 4.34. The lowest BCUT2D eigenvalue weighted by atomic mass is 9.93. The van der Waals surface area contributed by atoms with Gasteiger partial charge in [-0.2, -0.15) is 0 Å². The summed E-state index contributed by atoms with van der Waals surface area (Å²) >= 11 is 0. The third kappa shape index (κ3) is 2.77. The van der Waals surface area contributed by atoms with E-state index in [0.29, 0.717) is 23.9 Å². The Bertz CT molecular complexity index is 413. The summed E-state index contributed by atoms with van der Waals surface area (Å²) in [7, 11) is 1.53. The molecule has 1 aliphatic rings. The summed E-state index contributed by atoms with van der Waals surface area (Å²) < 4.78 is 5.03. The van der Waals surface area contributed by atoms with Crippen LogP contribution in [0.2, 0.25) is 0 Å². The van der Waals surface area contributed by atoms with Crippen molar-refractivity contribution in [3.63, 3.8) is 0 Å². The fourth-order valence-corrected chi connectivity index (χ4v) is 1.90. The highest BCUT2D eigenvalue weighted by atomic mass is 16.5. The Morgan fingerprint density at radius 1 is 1.53 bits per heavy atom. The van der Waals surface area contributed by atoms with Crippen LogP contribution in [-0.4, -0.2) is 24.2 Å². The lowest BCUT2D eigenvalue weighted by molar-refractivity contribution is 0.0695. The molecule has 0 radical (unpaired) electrons. The maximum Gasteiger partial charge on any atom is 0.336 e. The molecule has 17 heavy (non-hydrogen) atoms. The zero-order valence-corrected chi connectivity index (χ0v) is 9.90. The Morgan fingerprint density at radius 2 is 2.29 bits per heavy atom. The molecule has 0 aromatic heterocycles. The van der Waals surface area contributed by atoms with Crippen molar-refractivity contribution in [2.24, 2.45) is 0 Å². The number of ether oxygens (including phenoxy) is 1. The van der Waals surface area contributed by atoms with Crippen LogP contribution < -0.4 is 10.1 Å². The molecule has 1 fully saturated rings. The van der Waals surface area contributed by atoms with Crippen molar-refractivity contribution in [1.29, 1.82) is 0 Å². The summed E-state index contributed by atoms with van der Waals surface area (Å²) in [6, 6.07) is 5.73. The predicted molar refractivity (Wildman–Crippen MR) is 64.4 cm³/mol. The third-order valence-corrected chi connectivity index (χ3v) is 3.23. The lowest BCUT2D eigenvalue weighted by Crippen LogP contribution is -2.34. The summed E-state index contributed by atoms with van der Waals surface area (Å²) in [6.45, 7) is 0.607. The number of carboxylic acids is 1. The van der Waals surface area contributed by atoms with Gasteiger partial charge in [-0.3, -0.25) is 0 Å². The van der Waals surface area contributed by atoms with E-state index >= 15 is 0 Å². The van der Waals surface area contributed by atoms with Crippen LogP contribution in [0.15, 0.2) is 18.2 Å². The zero-order valence-electron chi connectivity index (χ0n) is 9.90. The average Bonchev–Trinajstić information content (AvgIpc) is 2.27. The van der Waals surface area contributed by atoms with Crippen LogP contribution in [0.1, 0.15) is 35.2 Å². The van der Waals surface area contributed by atoms with Gasteiger partial charge in [-0.25, -0.2) is 4.79 Å². The first kappa shape index (κ1) is 11.9. The Kier molecular flexibility index (Phi) is 3.64. The molecule has 1 aliphatic carbocycles. The van der Waals surface area contributed by atoms with Gasteiger partial charge in [-0.05, 0) is 30.5 Å². The molecular weight excluding hydrogens is 218 g/mol. The molecule has 0 unspecified atom stereocenters. The van der Waals surface area contributed by atoms with Crippen LogP contribution in [0, 0.1) is 0 Å². The summed E-state index contributed by atoms with van der Waals surface area (Å²) in [6.07, 6.45) is 3.66. The molecule has 2 N–H and O–H groups in total. The number of aromatic carboxylic acids is 1. The van der Waals surface area contributed by atoms with Crippen molar-refractivity contribution < 1.29 is 14.6 Å². The van der Waals surface area contributed by atoms with E-state index < -0.39 is 5.97 Å². The molecule has 1 aromatic rings. The average molecular weight is 235 g/mol. The van der Waals surface area contributed by atoms with Gasteiger partial charge < -0.3 is 15.2 Å². The standard InChI is InChI=1S/C13H17NO3/c1-17-11-6-5-9(12(7-11)13(15)16)8-14-10-3-2-4-10/h5-7,10,14H,2-4,8H2,1H3,(H,15,16). The van der Waals surface area contributed by atoms with Gasteiger partial charge in [0.15, 0.2) is 0 Å². The second kappa shape index (κ2) is 5.19. The molecule has 1 saturated carbocycles. The van der Waals surface area contributed by atoms with Crippen LogP contribution in [0.25, 0.3) is 0 Å². The number of carboxylic acid groups (broad SMARTS) is 1. The first-order chi connectivity index (χ1) is 8.20. The summed E-state index contributed by atoms with van der Waals surface area (Å²) in [5.74, 6) is -0.330. The van der Waals surface area contributed by atoms with E-state index in [2.05, 4.69) is 5.32 Å². The maximum absolute atomic E-state index is 11.1. The highest BCUT2D eigenvalue weighted by Crippen LogP contribution is 2.21. The van der Waals surface area contributed by atoms with Crippen LogP contribution in [0.4, 0.5) is 0 Å². The minimum absolute atomic E-state index is 0.316. The number of benzene rings is 1. The molecule has 0 atom stereocenters. The molecular formula is C13H17NO3. The Hall–Kier alpha value is -1.55. The molecule has 2 rings (SSSR count). The van der Waals surface area contributed by atoms with Crippen LogP contribution in [-0.2, 0) is 6.54 Å². The monoisotopic (exact) mass is 235 g/mol. The van der Waals surface area contributed by atoms with E-state index in [9.17, 15) is 4.79 Å². The SMILES string of the molecule is COc1ccc(CNC2CCC2)c(C(=O)O)c1. The molecule has 0 aliphatic heterocycles. The van der Waals surface area contributed by atoms with Crippen LogP contribution >= 0.6 is 0 Å². The first-order valence-corrected chi connectivity index (χ1v) is 5.84. The normalized spacial score (nSPS) is 15.4. The van der Waals surface area contributed by atoms with E-state index in [1.165, 1.54) is 26.4 Å². The van der Waals surface area contributed by atoms with E-state index in [-0.39, 0.29) is 0 Å². The Labute approximate surface area is 101 Å². The summed E-state index contributed by atoms with van der Waals surface area (Å²) in [4.78, 5) is 11.1. The molecule has 0 spiro atoms. The Morgan fingerprint density at radius 3 is 2.82 bits per heavy atom. The smallest absolute Gasteiger partial charge is 0.336 e. The minimum Gasteiger partial charge on any atom is -0.497 e. The number of hydrogen-bond donors (Lipinski definition) is 2. The largest absolute Gasteiger partial charge is 0.497 e. The lowest BCUT2D eigenvalue weighted by Gasteiger charge is -2.26. The highest BCUT2D eigenvalue weighted by Gasteiger charge is 2.18. The molecule has 0 bridgehead atoms. The fourth-order valence-electron chi connectivity index (χ4n) is 1.90. The number of hydrogen-bond acceptors (Lipinski definition) is 3. The Balaban J connectivity index is 2.10. The topological polar surface area (TPSA) is 58.6 Å². The summed E-state index contributed by atoms with van der Waals surface area (Å²) in [5.41, 5.74) is 1.13. The maximum atomic E-state index is 11.1. The zero-order chi connectivity index (χ0) is 12.3. The van der Waals surface area contributed by atoms with Gasteiger partial charge in [-0.15, -0.1) is 0 Å². The van der Waals surface area contributed by atoms with Crippen LogP contribution in [0.5, 0.6) is 5.75 Å². The van der Waals surface area contributed by atoms with Gasteiger partial charge >= 0.3 is 5.97 Å². The van der Waals surface area contributed by atoms with Crippen molar-refractivity contribution >= 4 is 5.97 Å². The van der Waals surface area contributed by atoms with E-state index in [1.54, 1.807) is 12.1 Å². The number of carbonyl (C=O) groups is 1. The van der Waals surface area contributed by atoms with Crippen molar-refractivity contribution in [1.82, 2.24) is 5.32 Å². The van der Waals surface area contributed by atoms with Gasteiger partial charge in [0.25, 0.3) is 0 Å². The molecule has 0 saturated heterocycles. The fraction of sp³-hybridized carbons (Fsp3) is 0.462. The van der Waals surface area contributed by atoms with Gasteiger partial charge in [0.2, 0.25) is 0 Å². The molecule has 0 amide bonds. The molecule has 92 valence electrons. The van der Waals surface area contributed by atoms with Crippen molar-refractivity contribution in [3.8, 4) is 5.75 Å². The van der Waals surface area contributed by atoms with Crippen molar-refractivity contribution in [2.45, 2.75) is 31.8 Å². The van der Waals surface area contributed by atoms with E-state index in [0.717, 1.165) is 5.56 Å². The van der Waals surface area contributed by atoms with Gasteiger partial charge in [0, 0.05) is 12.6 Å². The van der Waals surface area contributed by atoms with Crippen LogP contribution in [0.3, 0.4) is 0 Å². The van der Waals surface area contributed by atoms with E-state index in [1.807, 2.05) is 6.07 Å². The molecule has 0 heterocycles. The van der Waals surface area contributed by atoms with E-state index in [4.69, 9.17) is 9.84 Å².